The van der Waals surface area contributed by atoms with Gasteiger partial charge in [0, 0.05) is 42.1 Å². The van der Waals surface area contributed by atoms with Crippen LogP contribution in [0.4, 0.5) is 5.69 Å². The van der Waals surface area contributed by atoms with Gasteiger partial charge in [-0.25, -0.2) is 9.78 Å². The molecule has 0 bridgehead atoms. The normalized spacial score (nSPS) is 17.0. The van der Waals surface area contributed by atoms with Crippen LogP contribution in [0.5, 0.6) is 0 Å². The Labute approximate surface area is 155 Å². The number of pyridine rings is 1. The van der Waals surface area contributed by atoms with Crippen molar-refractivity contribution in [1.82, 2.24) is 14.7 Å². The first-order valence-electron chi connectivity index (χ1n) is 9.17. The molecule has 0 unspecified atom stereocenters. The molecule has 0 saturated carbocycles. The molecular weight excluding hydrogens is 340 g/mol. The van der Waals surface area contributed by atoms with E-state index in [2.05, 4.69) is 15.6 Å². The summed E-state index contributed by atoms with van der Waals surface area (Å²) in [5, 5.41) is 7.70. The Morgan fingerprint density at radius 1 is 1.26 bits per heavy atom. The summed E-state index contributed by atoms with van der Waals surface area (Å²) in [6, 6.07) is 12.2. The van der Waals surface area contributed by atoms with Crippen LogP contribution < -0.4 is 16.3 Å². The number of rotatable bonds is 3. The van der Waals surface area contributed by atoms with E-state index in [4.69, 9.17) is 4.42 Å². The molecule has 0 aliphatic carbocycles. The standard InChI is InChI=1S/C21H20N4O2/c1-13-5-7-25-12-18(24-20(25)8-13)17-9-14-2-3-15(10-19(14)27-21(17)26)23-16-4-6-22-11-16/h2-3,5,7-10,12,16,22-23H,4,6,11H2,1H3/t16-/m1/s1. The highest BCUT2D eigenvalue weighted by molar-refractivity contribution is 5.84. The zero-order chi connectivity index (χ0) is 18.4. The second-order valence-corrected chi connectivity index (χ2v) is 7.13. The second kappa shape index (κ2) is 6.25. The van der Waals surface area contributed by atoms with Crippen LogP contribution in [0.3, 0.4) is 0 Å². The number of hydrogen-bond donors (Lipinski definition) is 2. The summed E-state index contributed by atoms with van der Waals surface area (Å²) in [5.74, 6) is 0. The minimum Gasteiger partial charge on any atom is -0.422 e. The summed E-state index contributed by atoms with van der Waals surface area (Å²) in [4.78, 5) is 17.2. The quantitative estimate of drug-likeness (QED) is 0.549. The van der Waals surface area contributed by atoms with E-state index in [0.717, 1.165) is 41.8 Å². The molecule has 1 saturated heterocycles. The van der Waals surface area contributed by atoms with E-state index in [1.54, 1.807) is 0 Å². The van der Waals surface area contributed by atoms with Gasteiger partial charge in [-0.15, -0.1) is 0 Å². The molecule has 4 aromatic rings. The highest BCUT2D eigenvalue weighted by atomic mass is 16.4. The highest BCUT2D eigenvalue weighted by Crippen LogP contribution is 2.24. The highest BCUT2D eigenvalue weighted by Gasteiger charge is 2.15. The molecule has 0 radical (unpaired) electrons. The molecular formula is C21H20N4O2. The number of fused-ring (bicyclic) bond motifs is 2. The topological polar surface area (TPSA) is 71.6 Å². The van der Waals surface area contributed by atoms with E-state index in [1.165, 1.54) is 0 Å². The third-order valence-electron chi connectivity index (χ3n) is 5.06. The molecule has 1 aliphatic rings. The van der Waals surface area contributed by atoms with E-state index in [0.29, 0.717) is 22.9 Å². The van der Waals surface area contributed by atoms with Crippen molar-refractivity contribution < 1.29 is 4.42 Å². The van der Waals surface area contributed by atoms with Crippen LogP contribution in [-0.4, -0.2) is 28.5 Å². The summed E-state index contributed by atoms with van der Waals surface area (Å²) < 4.78 is 7.52. The number of imidazole rings is 1. The molecule has 3 aromatic heterocycles. The maximum atomic E-state index is 12.6. The van der Waals surface area contributed by atoms with Gasteiger partial charge in [0.15, 0.2) is 0 Å². The van der Waals surface area contributed by atoms with E-state index < -0.39 is 0 Å². The Bertz CT molecular complexity index is 1200. The molecule has 27 heavy (non-hydrogen) atoms. The average molecular weight is 360 g/mol. The number of aryl methyl sites for hydroxylation is 1. The van der Waals surface area contributed by atoms with Gasteiger partial charge in [-0.3, -0.25) is 0 Å². The van der Waals surface area contributed by atoms with Gasteiger partial charge in [0.1, 0.15) is 11.2 Å². The minimum atomic E-state index is -0.373. The first-order valence-corrected chi connectivity index (χ1v) is 9.17. The van der Waals surface area contributed by atoms with Gasteiger partial charge in [0.2, 0.25) is 0 Å². The van der Waals surface area contributed by atoms with E-state index in [-0.39, 0.29) is 5.63 Å². The van der Waals surface area contributed by atoms with Crippen LogP contribution in [0.15, 0.2) is 58.0 Å². The number of nitrogens with zero attached hydrogens (tertiary/aromatic N) is 2. The lowest BCUT2D eigenvalue weighted by Gasteiger charge is -2.13. The summed E-state index contributed by atoms with van der Waals surface area (Å²) in [5.41, 5.74) is 4.22. The Morgan fingerprint density at radius 2 is 2.19 bits per heavy atom. The van der Waals surface area contributed by atoms with Crippen LogP contribution in [0.1, 0.15) is 12.0 Å². The molecule has 1 aliphatic heterocycles. The lowest BCUT2D eigenvalue weighted by Crippen LogP contribution is -2.21. The van der Waals surface area contributed by atoms with Crippen molar-refractivity contribution >= 4 is 22.3 Å². The molecule has 0 amide bonds. The van der Waals surface area contributed by atoms with Crippen LogP contribution in [0, 0.1) is 6.92 Å². The summed E-state index contributed by atoms with van der Waals surface area (Å²) >= 11 is 0. The summed E-state index contributed by atoms with van der Waals surface area (Å²) in [6.07, 6.45) is 4.89. The fourth-order valence-corrected chi connectivity index (χ4v) is 3.61. The fourth-order valence-electron chi connectivity index (χ4n) is 3.61. The monoisotopic (exact) mass is 360 g/mol. The predicted molar refractivity (Wildman–Crippen MR) is 106 cm³/mol. The number of aromatic nitrogens is 2. The van der Waals surface area contributed by atoms with Crippen molar-refractivity contribution in [2.45, 2.75) is 19.4 Å². The van der Waals surface area contributed by atoms with Crippen molar-refractivity contribution in [3.05, 3.63) is 64.8 Å². The van der Waals surface area contributed by atoms with Gasteiger partial charge in [-0.1, -0.05) is 0 Å². The lowest BCUT2D eigenvalue weighted by molar-refractivity contribution is 0.563. The largest absolute Gasteiger partial charge is 0.422 e. The molecule has 6 nitrogen and oxygen atoms in total. The molecule has 1 atom stereocenters. The zero-order valence-corrected chi connectivity index (χ0v) is 15.0. The van der Waals surface area contributed by atoms with Crippen molar-refractivity contribution in [2.24, 2.45) is 0 Å². The van der Waals surface area contributed by atoms with Gasteiger partial charge in [0.25, 0.3) is 0 Å². The Hall–Kier alpha value is -3.12. The maximum Gasteiger partial charge on any atom is 0.345 e. The van der Waals surface area contributed by atoms with Gasteiger partial charge in [0.05, 0.1) is 11.3 Å². The second-order valence-electron chi connectivity index (χ2n) is 7.13. The lowest BCUT2D eigenvalue weighted by atomic mass is 10.1. The SMILES string of the molecule is Cc1ccn2cc(-c3cc4ccc(N[C@@H]5CCNC5)cc4oc3=O)nc2c1. The molecule has 6 heteroatoms. The van der Waals surface area contributed by atoms with E-state index in [1.807, 2.05) is 60.1 Å². The Morgan fingerprint density at radius 3 is 3.04 bits per heavy atom. The number of hydrogen-bond acceptors (Lipinski definition) is 5. The average Bonchev–Trinajstić information content (AvgIpc) is 3.30. The maximum absolute atomic E-state index is 12.6. The van der Waals surface area contributed by atoms with Crippen LogP contribution in [-0.2, 0) is 0 Å². The summed E-state index contributed by atoms with van der Waals surface area (Å²) in [6.45, 7) is 4.00. The first kappa shape index (κ1) is 16.1. The minimum absolute atomic E-state index is 0.373. The van der Waals surface area contributed by atoms with Gasteiger partial charge < -0.3 is 19.5 Å². The van der Waals surface area contributed by atoms with Crippen molar-refractivity contribution in [3.63, 3.8) is 0 Å². The van der Waals surface area contributed by atoms with E-state index in [9.17, 15) is 4.79 Å². The number of nitrogens with one attached hydrogen (secondary N) is 2. The van der Waals surface area contributed by atoms with Gasteiger partial charge in [-0.05, 0) is 55.8 Å². The first-order chi connectivity index (χ1) is 13.2. The summed E-state index contributed by atoms with van der Waals surface area (Å²) in [7, 11) is 0. The molecule has 4 heterocycles. The zero-order valence-electron chi connectivity index (χ0n) is 15.0. The van der Waals surface area contributed by atoms with Crippen molar-refractivity contribution in [3.8, 4) is 11.3 Å². The van der Waals surface area contributed by atoms with Crippen LogP contribution in [0.25, 0.3) is 27.9 Å². The molecule has 0 spiro atoms. The van der Waals surface area contributed by atoms with Crippen molar-refractivity contribution in [1.29, 1.82) is 0 Å². The van der Waals surface area contributed by atoms with Crippen LogP contribution in [0.2, 0.25) is 0 Å². The fraction of sp³-hybridized carbons (Fsp3) is 0.238. The van der Waals surface area contributed by atoms with Gasteiger partial charge in [-0.2, -0.15) is 0 Å². The smallest absolute Gasteiger partial charge is 0.345 e. The molecule has 1 fully saturated rings. The third kappa shape index (κ3) is 2.98. The molecule has 1 aromatic carbocycles. The molecule has 5 rings (SSSR count). The Kier molecular flexibility index (Phi) is 3.72. The Balaban J connectivity index is 1.54. The van der Waals surface area contributed by atoms with Gasteiger partial charge >= 0.3 is 5.63 Å². The molecule has 136 valence electrons. The van der Waals surface area contributed by atoms with Crippen LogP contribution >= 0.6 is 0 Å². The number of anilines is 1. The predicted octanol–water partition coefficient (Wildman–Crippen LogP) is 3.19. The van der Waals surface area contributed by atoms with Crippen molar-refractivity contribution in [2.75, 3.05) is 18.4 Å². The van der Waals surface area contributed by atoms with E-state index >= 15 is 0 Å². The third-order valence-corrected chi connectivity index (χ3v) is 5.06. The molecule has 2 N–H and O–H groups in total. The number of benzene rings is 1.